The second-order valence-corrected chi connectivity index (χ2v) is 9.56. The Morgan fingerprint density at radius 3 is 1.55 bits per heavy atom. The molecule has 0 unspecified atom stereocenters. The van der Waals surface area contributed by atoms with Crippen molar-refractivity contribution in [1.82, 2.24) is 0 Å². The lowest BCUT2D eigenvalue weighted by atomic mass is 9.88. The molecule has 0 amide bonds. The molecule has 198 valence electrons. The van der Waals surface area contributed by atoms with Gasteiger partial charge in [-0.05, 0) is 55.4 Å². The number of aliphatic hydroxyl groups excluding tert-OH is 2. The highest BCUT2D eigenvalue weighted by Gasteiger charge is 2.22. The molecule has 6 rings (SSSR count). The van der Waals surface area contributed by atoms with Gasteiger partial charge in [0.2, 0.25) is 0 Å². The summed E-state index contributed by atoms with van der Waals surface area (Å²) in [4.78, 5) is 0. The monoisotopic (exact) mass is 526 g/mol. The fourth-order valence-electron chi connectivity index (χ4n) is 5.47. The van der Waals surface area contributed by atoms with Crippen LogP contribution >= 0.6 is 0 Å². The van der Waals surface area contributed by atoms with Crippen molar-refractivity contribution < 1.29 is 19.7 Å². The van der Waals surface area contributed by atoms with E-state index in [1.54, 1.807) is 0 Å². The van der Waals surface area contributed by atoms with Crippen LogP contribution in [0, 0.1) is 0 Å². The molecule has 0 saturated heterocycles. The lowest BCUT2D eigenvalue weighted by Crippen LogP contribution is -2.08. The van der Waals surface area contributed by atoms with Gasteiger partial charge in [0.05, 0.1) is 13.2 Å². The molecule has 0 radical (unpaired) electrons. The van der Waals surface area contributed by atoms with Crippen LogP contribution in [0.2, 0.25) is 0 Å². The molecule has 0 bridgehead atoms. The summed E-state index contributed by atoms with van der Waals surface area (Å²) in [5.41, 5.74) is 6.38. The summed E-state index contributed by atoms with van der Waals surface area (Å²) in [7, 11) is 0. The predicted molar refractivity (Wildman–Crippen MR) is 163 cm³/mol. The molecule has 6 aromatic rings. The maximum atomic E-state index is 9.69. The predicted octanol–water partition coefficient (Wildman–Crippen LogP) is 7.74. The first-order valence-corrected chi connectivity index (χ1v) is 13.5. The van der Waals surface area contributed by atoms with E-state index in [1.807, 2.05) is 30.3 Å². The highest BCUT2D eigenvalue weighted by molar-refractivity contribution is 6.14. The minimum absolute atomic E-state index is 0.117. The quantitative estimate of drug-likeness (QED) is 0.202. The molecule has 0 aromatic heterocycles. The van der Waals surface area contributed by atoms with Gasteiger partial charge in [-0.3, -0.25) is 0 Å². The van der Waals surface area contributed by atoms with Crippen molar-refractivity contribution in [3.05, 3.63) is 121 Å². The lowest BCUT2D eigenvalue weighted by molar-refractivity contribution is 0.179. The third kappa shape index (κ3) is 4.79. The van der Waals surface area contributed by atoms with Gasteiger partial charge >= 0.3 is 0 Å². The molecule has 6 aromatic carbocycles. The maximum Gasteiger partial charge on any atom is 0.169 e. The van der Waals surface area contributed by atoms with Crippen LogP contribution in [0.5, 0.6) is 11.5 Å². The SMILES string of the molecule is OCCOc1cc2c(-c3ccccc3)cccc2c(-c2cccc3c(-c4ccccc4)cccc23)c1OCCO. The maximum absolute atomic E-state index is 9.69. The fraction of sp³-hybridized carbons (Fsp3) is 0.111. The van der Waals surface area contributed by atoms with Crippen LogP contribution in [-0.2, 0) is 0 Å². The third-order valence-corrected chi connectivity index (χ3v) is 7.15. The number of aliphatic hydroxyl groups is 2. The van der Waals surface area contributed by atoms with Crippen molar-refractivity contribution in [2.45, 2.75) is 0 Å². The van der Waals surface area contributed by atoms with Gasteiger partial charge < -0.3 is 19.7 Å². The van der Waals surface area contributed by atoms with Gasteiger partial charge in [-0.1, -0.05) is 115 Å². The number of fused-ring (bicyclic) bond motifs is 2. The van der Waals surface area contributed by atoms with Gasteiger partial charge in [-0.2, -0.15) is 0 Å². The van der Waals surface area contributed by atoms with Crippen molar-refractivity contribution in [3.63, 3.8) is 0 Å². The Morgan fingerprint density at radius 1 is 0.450 bits per heavy atom. The molecule has 0 spiro atoms. The second-order valence-electron chi connectivity index (χ2n) is 9.56. The average Bonchev–Trinajstić information content (AvgIpc) is 3.02. The van der Waals surface area contributed by atoms with Gasteiger partial charge in [-0.25, -0.2) is 0 Å². The molecular weight excluding hydrogens is 496 g/mol. The van der Waals surface area contributed by atoms with E-state index in [2.05, 4.69) is 91.0 Å². The minimum atomic E-state index is -0.130. The molecule has 4 heteroatoms. The molecule has 0 aliphatic rings. The standard InChI is InChI=1S/C36H30O4/c37-20-22-39-34-24-33-28(26-12-5-2-6-13-26)15-8-19-32(33)35(36(34)40-23-21-38)31-18-9-16-29-27(14-7-17-30(29)31)25-10-3-1-4-11-25/h1-19,24,37-38H,20-23H2. The Kier molecular flexibility index (Phi) is 7.45. The van der Waals surface area contributed by atoms with Crippen LogP contribution in [0.25, 0.3) is 54.9 Å². The van der Waals surface area contributed by atoms with Gasteiger partial charge in [-0.15, -0.1) is 0 Å². The highest BCUT2D eigenvalue weighted by Crippen LogP contribution is 2.48. The van der Waals surface area contributed by atoms with E-state index in [-0.39, 0.29) is 26.4 Å². The zero-order valence-corrected chi connectivity index (χ0v) is 22.1. The summed E-state index contributed by atoms with van der Waals surface area (Å²) < 4.78 is 12.3. The Bertz CT molecular complexity index is 1760. The number of hydrogen-bond acceptors (Lipinski definition) is 4. The van der Waals surface area contributed by atoms with Gasteiger partial charge in [0.1, 0.15) is 13.2 Å². The van der Waals surface area contributed by atoms with E-state index in [9.17, 15) is 10.2 Å². The Hall–Kier alpha value is -4.64. The summed E-state index contributed by atoms with van der Waals surface area (Å²) >= 11 is 0. The highest BCUT2D eigenvalue weighted by atomic mass is 16.5. The van der Waals surface area contributed by atoms with Gasteiger partial charge in [0, 0.05) is 5.56 Å². The first-order valence-electron chi connectivity index (χ1n) is 13.5. The van der Waals surface area contributed by atoms with Crippen molar-refractivity contribution in [2.75, 3.05) is 26.4 Å². The van der Waals surface area contributed by atoms with Gasteiger partial charge in [0.15, 0.2) is 11.5 Å². The summed E-state index contributed by atoms with van der Waals surface area (Å²) in [6.45, 7) is -0.00939. The van der Waals surface area contributed by atoms with Crippen molar-refractivity contribution in [3.8, 4) is 44.9 Å². The topological polar surface area (TPSA) is 58.9 Å². The molecule has 0 saturated carbocycles. The zero-order chi connectivity index (χ0) is 27.3. The summed E-state index contributed by atoms with van der Waals surface area (Å²) in [5, 5.41) is 23.5. The Morgan fingerprint density at radius 2 is 0.950 bits per heavy atom. The van der Waals surface area contributed by atoms with E-state index in [1.165, 1.54) is 0 Å². The Labute approximate surface area is 233 Å². The molecule has 0 fully saturated rings. The van der Waals surface area contributed by atoms with Crippen LogP contribution in [-0.4, -0.2) is 36.6 Å². The van der Waals surface area contributed by atoms with E-state index >= 15 is 0 Å². The third-order valence-electron chi connectivity index (χ3n) is 7.15. The minimum Gasteiger partial charge on any atom is -0.487 e. The molecule has 0 atom stereocenters. The largest absolute Gasteiger partial charge is 0.487 e. The zero-order valence-electron chi connectivity index (χ0n) is 22.1. The molecule has 0 aliphatic carbocycles. The van der Waals surface area contributed by atoms with Crippen LogP contribution in [0.1, 0.15) is 0 Å². The normalized spacial score (nSPS) is 11.2. The first kappa shape index (κ1) is 25.6. The molecule has 40 heavy (non-hydrogen) atoms. The summed E-state index contributed by atoms with van der Waals surface area (Å²) in [5.74, 6) is 1.09. The van der Waals surface area contributed by atoms with Crippen LogP contribution in [0.3, 0.4) is 0 Å². The van der Waals surface area contributed by atoms with E-state index in [0.29, 0.717) is 11.5 Å². The van der Waals surface area contributed by atoms with E-state index in [4.69, 9.17) is 9.47 Å². The second kappa shape index (κ2) is 11.6. The van der Waals surface area contributed by atoms with Crippen LogP contribution in [0.4, 0.5) is 0 Å². The van der Waals surface area contributed by atoms with Crippen molar-refractivity contribution >= 4 is 21.5 Å². The molecule has 2 N–H and O–H groups in total. The van der Waals surface area contributed by atoms with Gasteiger partial charge in [0.25, 0.3) is 0 Å². The van der Waals surface area contributed by atoms with E-state index < -0.39 is 0 Å². The average molecular weight is 527 g/mol. The molecule has 0 aliphatic heterocycles. The number of benzene rings is 6. The number of ether oxygens (including phenoxy) is 2. The lowest BCUT2D eigenvalue weighted by Gasteiger charge is -2.21. The smallest absolute Gasteiger partial charge is 0.169 e. The number of hydrogen-bond donors (Lipinski definition) is 2. The van der Waals surface area contributed by atoms with E-state index in [0.717, 1.165) is 54.9 Å². The van der Waals surface area contributed by atoms with Crippen molar-refractivity contribution in [1.29, 1.82) is 0 Å². The van der Waals surface area contributed by atoms with Crippen molar-refractivity contribution in [2.24, 2.45) is 0 Å². The van der Waals surface area contributed by atoms with Crippen LogP contribution < -0.4 is 9.47 Å². The fourth-order valence-corrected chi connectivity index (χ4v) is 5.47. The summed E-state index contributed by atoms with van der Waals surface area (Å²) in [6, 6.07) is 41.7. The first-order chi connectivity index (χ1) is 19.8. The Balaban J connectivity index is 1.70. The summed E-state index contributed by atoms with van der Waals surface area (Å²) in [6.07, 6.45) is 0. The molecule has 4 nitrogen and oxygen atoms in total. The molecular formula is C36H30O4. The molecule has 0 heterocycles. The van der Waals surface area contributed by atoms with Crippen LogP contribution in [0.15, 0.2) is 121 Å². The number of rotatable bonds is 9.